The lowest BCUT2D eigenvalue weighted by Gasteiger charge is -2.44. The van der Waals surface area contributed by atoms with E-state index in [0.717, 1.165) is 0 Å². The third-order valence-electron chi connectivity index (χ3n) is 7.81. The average Bonchev–Trinajstić information content (AvgIpc) is 3.27. The van der Waals surface area contributed by atoms with Crippen LogP contribution < -0.4 is 5.32 Å². The molecule has 3 rings (SSSR count). The summed E-state index contributed by atoms with van der Waals surface area (Å²) in [6, 6.07) is 0. The molecule has 0 bridgehead atoms. The zero-order valence-electron chi connectivity index (χ0n) is 23.1. The zero-order chi connectivity index (χ0) is 27.4. The molecule has 2 aromatic rings. The molecule has 36 heavy (non-hydrogen) atoms. The predicted octanol–water partition coefficient (Wildman–Crippen LogP) is 6.00. The number of aromatic nitrogens is 4. The van der Waals surface area contributed by atoms with Crippen LogP contribution in [0.25, 0.3) is 11.2 Å². The number of imidazole rings is 1. The Morgan fingerprint density at radius 2 is 1.58 bits per heavy atom. The first-order valence-electron chi connectivity index (χ1n) is 12.1. The largest absolute Gasteiger partial charge is 0.480 e. The van der Waals surface area contributed by atoms with Crippen LogP contribution in [0, 0.1) is 0 Å². The number of carboxylic acid groups (broad SMARTS) is 1. The molecule has 2 N–H and O–H groups in total. The van der Waals surface area contributed by atoms with Crippen LogP contribution in [0.1, 0.15) is 46.9 Å². The Hall–Kier alpha value is -1.19. The van der Waals surface area contributed by atoms with E-state index >= 15 is 0 Å². The summed E-state index contributed by atoms with van der Waals surface area (Å²) in [6.07, 6.45) is 0.519. The molecule has 0 amide bonds. The van der Waals surface area contributed by atoms with Crippen LogP contribution in [-0.2, 0) is 13.6 Å². The van der Waals surface area contributed by atoms with Gasteiger partial charge in [-0.3, -0.25) is 9.36 Å². The second-order valence-electron chi connectivity index (χ2n) is 12.4. The zero-order valence-corrected chi connectivity index (χ0v) is 26.7. The fourth-order valence-corrected chi connectivity index (χ4v) is 8.00. The number of anilines is 1. The van der Waals surface area contributed by atoms with Gasteiger partial charge in [-0.05, 0) is 47.9 Å². The monoisotopic (exact) mass is 573 g/mol. The van der Waals surface area contributed by atoms with E-state index < -0.39 is 45.4 Å². The Morgan fingerprint density at radius 1 is 1.06 bits per heavy atom. The average molecular weight is 574 g/mol. The molecule has 1 fully saturated rings. The number of halogens is 1. The fraction of sp³-hybridized carbons (Fsp3) is 0.739. The van der Waals surface area contributed by atoms with Crippen molar-refractivity contribution in [3.8, 4) is 0 Å². The van der Waals surface area contributed by atoms with Crippen molar-refractivity contribution in [2.45, 2.75) is 101 Å². The molecule has 3 heterocycles. The highest BCUT2D eigenvalue weighted by Crippen LogP contribution is 2.51. The summed E-state index contributed by atoms with van der Waals surface area (Å²) in [5.74, 6) is -0.402. The van der Waals surface area contributed by atoms with Gasteiger partial charge >= 0.3 is 5.97 Å². The normalized spacial score (nSPS) is 23.9. The van der Waals surface area contributed by atoms with Gasteiger partial charge in [-0.2, -0.15) is 9.97 Å². The summed E-state index contributed by atoms with van der Waals surface area (Å²) >= 11 is 7.56. The first-order valence-corrected chi connectivity index (χ1v) is 19.3. The number of rotatable bonds is 7. The topological polar surface area (TPSA) is 111 Å². The van der Waals surface area contributed by atoms with Gasteiger partial charge in [0.1, 0.15) is 16.7 Å². The van der Waals surface area contributed by atoms with Crippen LogP contribution in [0.4, 0.5) is 5.82 Å². The first kappa shape index (κ1) is 29.4. The number of fused-ring (bicyclic) bond motifs is 1. The van der Waals surface area contributed by atoms with E-state index in [1.807, 2.05) is 4.57 Å². The molecule has 13 heteroatoms. The van der Waals surface area contributed by atoms with E-state index in [0.29, 0.717) is 17.0 Å². The number of aliphatic carboxylic acids is 1. The van der Waals surface area contributed by atoms with Gasteiger partial charge in [-0.1, -0.05) is 41.5 Å². The SMILES string of the molecule is CNc1nc(Cl)nc2c1ncn2[C@@H]1S[C@H](C(=O)O)[C@@H](O[Si](C)(C)C(C)(C)C)[C@H]1O[Si](C)(C)C(C)(C)C. The third kappa shape index (κ3) is 5.48. The minimum atomic E-state index is -2.34. The van der Waals surface area contributed by atoms with Gasteiger partial charge in [0.2, 0.25) is 5.28 Å². The summed E-state index contributed by atoms with van der Waals surface area (Å²) in [6.45, 7) is 21.6. The third-order valence-corrected chi connectivity index (χ3v) is 18.5. The van der Waals surface area contributed by atoms with Gasteiger partial charge in [-0.15, -0.1) is 11.8 Å². The van der Waals surface area contributed by atoms with Crippen molar-refractivity contribution in [2.75, 3.05) is 12.4 Å². The van der Waals surface area contributed by atoms with Crippen molar-refractivity contribution in [2.24, 2.45) is 0 Å². The molecule has 1 aliphatic rings. The van der Waals surface area contributed by atoms with Crippen LogP contribution in [-0.4, -0.2) is 71.7 Å². The molecule has 0 saturated carbocycles. The van der Waals surface area contributed by atoms with E-state index in [1.54, 1.807) is 13.4 Å². The lowest BCUT2D eigenvalue weighted by Crippen LogP contribution is -2.54. The predicted molar refractivity (Wildman–Crippen MR) is 152 cm³/mol. The van der Waals surface area contributed by atoms with Crippen LogP contribution in [0.3, 0.4) is 0 Å². The van der Waals surface area contributed by atoms with Crippen LogP contribution in [0.5, 0.6) is 0 Å². The lowest BCUT2D eigenvalue weighted by atomic mass is 10.1. The molecular formula is C23H40ClN5O4SSi2. The molecule has 9 nitrogen and oxygen atoms in total. The molecule has 202 valence electrons. The van der Waals surface area contributed by atoms with Crippen molar-refractivity contribution in [3.63, 3.8) is 0 Å². The standard InChI is InChI=1S/C23H40ClN5O4SSi2/c1-22(2,3)35(8,9)32-14-15(33-36(10,11)23(4,5)6)19(34-16(14)20(30)31)29-12-26-13-17(25-7)27-21(24)28-18(13)29/h12,14-16,19H,1-11H3,(H,30,31)(H,25,27,28)/t14-,15+,16-,19+/m0/s1. The van der Waals surface area contributed by atoms with Gasteiger partial charge in [0, 0.05) is 7.05 Å². The van der Waals surface area contributed by atoms with Gasteiger partial charge < -0.3 is 19.3 Å². The van der Waals surface area contributed by atoms with E-state index in [1.165, 1.54) is 11.8 Å². The number of carboxylic acids is 1. The molecule has 2 aromatic heterocycles. The van der Waals surface area contributed by atoms with Crippen LogP contribution in [0.2, 0.25) is 41.5 Å². The number of hydrogen-bond donors (Lipinski definition) is 2. The quantitative estimate of drug-likeness (QED) is 0.304. The number of carbonyl (C=O) groups is 1. The molecule has 0 aliphatic carbocycles. The van der Waals surface area contributed by atoms with Gasteiger partial charge in [-0.25, -0.2) is 4.98 Å². The van der Waals surface area contributed by atoms with E-state index in [9.17, 15) is 9.90 Å². The minimum Gasteiger partial charge on any atom is -0.480 e. The number of nitrogens with zero attached hydrogens (tertiary/aromatic N) is 4. The van der Waals surface area contributed by atoms with Gasteiger partial charge in [0.25, 0.3) is 0 Å². The summed E-state index contributed by atoms with van der Waals surface area (Å²) < 4.78 is 15.7. The number of hydrogen-bond acceptors (Lipinski definition) is 8. The van der Waals surface area contributed by atoms with Crippen molar-refractivity contribution >= 4 is 62.9 Å². The van der Waals surface area contributed by atoms with Crippen LogP contribution >= 0.6 is 23.4 Å². The molecule has 0 spiro atoms. The highest BCUT2D eigenvalue weighted by molar-refractivity contribution is 8.01. The molecule has 1 saturated heterocycles. The summed E-state index contributed by atoms with van der Waals surface area (Å²) in [7, 11) is -2.91. The fourth-order valence-electron chi connectivity index (χ4n) is 3.60. The first-order chi connectivity index (χ1) is 16.3. The van der Waals surface area contributed by atoms with Crippen molar-refractivity contribution in [1.82, 2.24) is 19.5 Å². The molecule has 1 aliphatic heterocycles. The Kier molecular flexibility index (Phi) is 8.03. The summed E-state index contributed by atoms with van der Waals surface area (Å²) in [5.41, 5.74) is 1.09. The maximum atomic E-state index is 12.6. The number of thioether (sulfide) groups is 1. The molecule has 0 aromatic carbocycles. The Morgan fingerprint density at radius 3 is 2.06 bits per heavy atom. The highest BCUT2D eigenvalue weighted by Gasteiger charge is 2.56. The van der Waals surface area contributed by atoms with Crippen molar-refractivity contribution < 1.29 is 18.8 Å². The Bertz CT molecular complexity index is 1130. The smallest absolute Gasteiger partial charge is 0.319 e. The molecule has 4 atom stereocenters. The highest BCUT2D eigenvalue weighted by atomic mass is 35.5. The molecule has 0 unspecified atom stereocenters. The molecule has 0 radical (unpaired) electrons. The Labute approximate surface area is 225 Å². The maximum absolute atomic E-state index is 12.6. The second-order valence-corrected chi connectivity index (χ2v) is 23.5. The van der Waals surface area contributed by atoms with Gasteiger partial charge in [0.15, 0.2) is 33.6 Å². The maximum Gasteiger partial charge on any atom is 0.319 e. The van der Waals surface area contributed by atoms with E-state index in [-0.39, 0.29) is 15.4 Å². The molecular weight excluding hydrogens is 534 g/mol. The van der Waals surface area contributed by atoms with Gasteiger partial charge in [0.05, 0.1) is 12.4 Å². The van der Waals surface area contributed by atoms with E-state index in [2.05, 4.69) is 88.0 Å². The van der Waals surface area contributed by atoms with Crippen molar-refractivity contribution in [1.29, 1.82) is 0 Å². The minimum absolute atomic E-state index is 0.0766. The lowest BCUT2D eigenvalue weighted by molar-refractivity contribution is -0.139. The van der Waals surface area contributed by atoms with E-state index in [4.69, 9.17) is 20.5 Å². The summed E-state index contributed by atoms with van der Waals surface area (Å²) in [5, 5.41) is 12.0. The van der Waals surface area contributed by atoms with Crippen LogP contribution in [0.15, 0.2) is 6.33 Å². The second kappa shape index (κ2) is 9.84. The van der Waals surface area contributed by atoms with Crippen molar-refractivity contribution in [3.05, 3.63) is 11.6 Å². The summed E-state index contributed by atoms with van der Waals surface area (Å²) in [4.78, 5) is 25.8. The Balaban J connectivity index is 2.19. The number of nitrogens with one attached hydrogen (secondary N) is 1.